The van der Waals surface area contributed by atoms with Crippen molar-refractivity contribution in [2.24, 2.45) is 0 Å². The largest absolute Gasteiger partial charge is 0.395 e. The predicted molar refractivity (Wildman–Crippen MR) is 52.3 cm³/mol. The lowest BCUT2D eigenvalue weighted by Gasteiger charge is -2.24. The highest BCUT2D eigenvalue weighted by Gasteiger charge is 2.08. The Morgan fingerprint density at radius 2 is 2.08 bits per heavy atom. The van der Waals surface area contributed by atoms with Crippen LogP contribution in [-0.2, 0) is 0 Å². The van der Waals surface area contributed by atoms with Gasteiger partial charge in [-0.05, 0) is 26.6 Å². The molecule has 1 atom stereocenters. The van der Waals surface area contributed by atoms with Crippen molar-refractivity contribution in [3.8, 4) is 0 Å². The maximum Gasteiger partial charge on any atom is 0.0597 e. The molecule has 1 unspecified atom stereocenters. The number of hydrogen-bond acceptors (Lipinski definition) is 3. The second-order valence-corrected chi connectivity index (χ2v) is 3.06. The second-order valence-electron chi connectivity index (χ2n) is 3.06. The van der Waals surface area contributed by atoms with Gasteiger partial charge in [-0.1, -0.05) is 13.8 Å². The van der Waals surface area contributed by atoms with E-state index in [4.69, 9.17) is 5.11 Å². The molecule has 12 heavy (non-hydrogen) atoms. The Bertz CT molecular complexity index is 94.5. The van der Waals surface area contributed by atoms with Gasteiger partial charge >= 0.3 is 0 Å². The molecule has 0 bridgehead atoms. The summed E-state index contributed by atoms with van der Waals surface area (Å²) in [4.78, 5) is 2.34. The van der Waals surface area contributed by atoms with E-state index in [2.05, 4.69) is 24.1 Å². The SMILES string of the molecule is CCCN(CC)CC(CO)NC. The molecule has 2 N–H and O–H groups in total. The molecule has 0 heterocycles. The van der Waals surface area contributed by atoms with Crippen molar-refractivity contribution in [3.63, 3.8) is 0 Å². The molecule has 0 aliphatic heterocycles. The molecular formula is C9H22N2O. The molecule has 0 aromatic heterocycles. The maximum absolute atomic E-state index is 8.95. The number of aliphatic hydroxyl groups excluding tert-OH is 1. The molecule has 3 nitrogen and oxygen atoms in total. The van der Waals surface area contributed by atoms with Crippen molar-refractivity contribution >= 4 is 0 Å². The van der Waals surface area contributed by atoms with Gasteiger partial charge in [0, 0.05) is 12.6 Å². The van der Waals surface area contributed by atoms with Gasteiger partial charge in [0.2, 0.25) is 0 Å². The van der Waals surface area contributed by atoms with Gasteiger partial charge in [0.05, 0.1) is 6.61 Å². The molecular weight excluding hydrogens is 152 g/mol. The lowest BCUT2D eigenvalue weighted by molar-refractivity contribution is 0.190. The summed E-state index contributed by atoms with van der Waals surface area (Å²) in [7, 11) is 1.89. The van der Waals surface area contributed by atoms with Gasteiger partial charge in [0.25, 0.3) is 0 Å². The molecule has 0 rings (SSSR count). The summed E-state index contributed by atoms with van der Waals surface area (Å²) in [5, 5.41) is 12.0. The van der Waals surface area contributed by atoms with Crippen LogP contribution < -0.4 is 5.32 Å². The van der Waals surface area contributed by atoms with Gasteiger partial charge in [-0.3, -0.25) is 0 Å². The van der Waals surface area contributed by atoms with Crippen LogP contribution in [0.25, 0.3) is 0 Å². The summed E-state index contributed by atoms with van der Waals surface area (Å²) in [6, 6.07) is 0.219. The molecule has 0 spiro atoms. The van der Waals surface area contributed by atoms with Crippen molar-refractivity contribution in [2.75, 3.05) is 33.3 Å². The van der Waals surface area contributed by atoms with E-state index in [1.807, 2.05) is 7.05 Å². The van der Waals surface area contributed by atoms with Gasteiger partial charge in [-0.15, -0.1) is 0 Å². The lowest BCUT2D eigenvalue weighted by atomic mass is 10.2. The van der Waals surface area contributed by atoms with E-state index in [0.29, 0.717) is 0 Å². The van der Waals surface area contributed by atoms with Gasteiger partial charge in [0.1, 0.15) is 0 Å². The van der Waals surface area contributed by atoms with Crippen LogP contribution in [0, 0.1) is 0 Å². The highest BCUT2D eigenvalue weighted by Crippen LogP contribution is 1.93. The fraction of sp³-hybridized carbons (Fsp3) is 1.00. The number of likely N-dealkylation sites (N-methyl/N-ethyl adjacent to an activating group) is 2. The van der Waals surface area contributed by atoms with Crippen LogP contribution in [0.2, 0.25) is 0 Å². The average Bonchev–Trinajstić information content (AvgIpc) is 2.12. The Morgan fingerprint density at radius 3 is 2.42 bits per heavy atom. The Morgan fingerprint density at radius 1 is 1.42 bits per heavy atom. The summed E-state index contributed by atoms with van der Waals surface area (Å²) < 4.78 is 0. The highest BCUT2D eigenvalue weighted by molar-refractivity contribution is 4.68. The van der Waals surface area contributed by atoms with Crippen molar-refractivity contribution in [1.29, 1.82) is 0 Å². The van der Waals surface area contributed by atoms with E-state index in [-0.39, 0.29) is 12.6 Å². The molecule has 0 aliphatic rings. The first-order valence-electron chi connectivity index (χ1n) is 4.78. The minimum atomic E-state index is 0.219. The molecule has 0 amide bonds. The van der Waals surface area contributed by atoms with E-state index >= 15 is 0 Å². The smallest absolute Gasteiger partial charge is 0.0597 e. The predicted octanol–water partition coefficient (Wildman–Crippen LogP) is 0.299. The van der Waals surface area contributed by atoms with Crippen molar-refractivity contribution in [3.05, 3.63) is 0 Å². The van der Waals surface area contributed by atoms with Crippen molar-refractivity contribution < 1.29 is 5.11 Å². The van der Waals surface area contributed by atoms with Gasteiger partial charge < -0.3 is 15.3 Å². The Balaban J connectivity index is 3.65. The fourth-order valence-corrected chi connectivity index (χ4v) is 1.25. The van der Waals surface area contributed by atoms with Crippen LogP contribution in [0.15, 0.2) is 0 Å². The zero-order valence-electron chi connectivity index (χ0n) is 8.51. The molecule has 0 saturated carbocycles. The fourth-order valence-electron chi connectivity index (χ4n) is 1.25. The number of hydrogen-bond donors (Lipinski definition) is 2. The molecule has 3 heteroatoms. The minimum absolute atomic E-state index is 0.219. The van der Waals surface area contributed by atoms with E-state index in [9.17, 15) is 0 Å². The molecule has 0 fully saturated rings. The molecule has 0 radical (unpaired) electrons. The Hall–Kier alpha value is -0.120. The first kappa shape index (κ1) is 11.9. The maximum atomic E-state index is 8.95. The first-order valence-corrected chi connectivity index (χ1v) is 4.78. The summed E-state index contributed by atoms with van der Waals surface area (Å²) in [6.45, 7) is 7.67. The average molecular weight is 174 g/mol. The van der Waals surface area contributed by atoms with Crippen molar-refractivity contribution in [2.45, 2.75) is 26.3 Å². The molecule has 0 aliphatic carbocycles. The Kier molecular flexibility index (Phi) is 7.45. The highest BCUT2D eigenvalue weighted by atomic mass is 16.3. The lowest BCUT2D eigenvalue weighted by Crippen LogP contribution is -2.42. The van der Waals surface area contributed by atoms with Gasteiger partial charge in [-0.25, -0.2) is 0 Å². The van der Waals surface area contributed by atoms with E-state index in [1.165, 1.54) is 6.42 Å². The van der Waals surface area contributed by atoms with Crippen LogP contribution in [0.3, 0.4) is 0 Å². The molecule has 0 aromatic rings. The van der Waals surface area contributed by atoms with Gasteiger partial charge in [0.15, 0.2) is 0 Å². The third-order valence-electron chi connectivity index (χ3n) is 2.09. The topological polar surface area (TPSA) is 35.5 Å². The minimum Gasteiger partial charge on any atom is -0.395 e. The zero-order valence-corrected chi connectivity index (χ0v) is 8.51. The van der Waals surface area contributed by atoms with Crippen LogP contribution >= 0.6 is 0 Å². The number of aliphatic hydroxyl groups is 1. The normalized spacial score (nSPS) is 13.8. The monoisotopic (exact) mass is 174 g/mol. The molecule has 74 valence electrons. The second kappa shape index (κ2) is 7.53. The van der Waals surface area contributed by atoms with Crippen LogP contribution in [-0.4, -0.2) is 49.3 Å². The zero-order chi connectivity index (χ0) is 9.40. The molecule has 0 aromatic carbocycles. The van der Waals surface area contributed by atoms with Gasteiger partial charge in [-0.2, -0.15) is 0 Å². The quantitative estimate of drug-likeness (QED) is 0.582. The third-order valence-corrected chi connectivity index (χ3v) is 2.09. The standard InChI is InChI=1S/C9H22N2O/c1-4-6-11(5-2)7-9(8-12)10-3/h9-10,12H,4-8H2,1-3H3. The number of rotatable bonds is 7. The number of nitrogens with one attached hydrogen (secondary N) is 1. The van der Waals surface area contributed by atoms with Crippen LogP contribution in [0.1, 0.15) is 20.3 Å². The molecule has 0 saturated heterocycles. The van der Waals surface area contributed by atoms with Crippen molar-refractivity contribution in [1.82, 2.24) is 10.2 Å². The third kappa shape index (κ3) is 4.70. The summed E-state index contributed by atoms with van der Waals surface area (Å²) in [6.07, 6.45) is 1.18. The number of nitrogens with zero attached hydrogens (tertiary/aromatic N) is 1. The first-order chi connectivity index (χ1) is 5.78. The Labute approximate surface area is 75.8 Å². The summed E-state index contributed by atoms with van der Waals surface area (Å²) in [5.74, 6) is 0. The summed E-state index contributed by atoms with van der Waals surface area (Å²) in [5.41, 5.74) is 0. The van der Waals surface area contributed by atoms with E-state index < -0.39 is 0 Å². The van der Waals surface area contributed by atoms with E-state index in [0.717, 1.165) is 19.6 Å². The van der Waals surface area contributed by atoms with Crippen LogP contribution in [0.4, 0.5) is 0 Å². The van der Waals surface area contributed by atoms with Crippen LogP contribution in [0.5, 0.6) is 0 Å². The van der Waals surface area contributed by atoms with E-state index in [1.54, 1.807) is 0 Å². The summed E-state index contributed by atoms with van der Waals surface area (Å²) >= 11 is 0.